The van der Waals surface area contributed by atoms with Gasteiger partial charge in [0.15, 0.2) is 0 Å². The third-order valence-electron chi connectivity index (χ3n) is 11.3. The number of benzene rings is 6. The molecule has 3 heterocycles. The molecule has 2 aliphatic rings. The van der Waals surface area contributed by atoms with Crippen LogP contribution in [0, 0.1) is 0 Å². The highest BCUT2D eigenvalue weighted by atomic mass is 16.3. The average Bonchev–Trinajstić information content (AvgIpc) is 3.77. The number of furan rings is 1. The number of fused-ring (bicyclic) bond motifs is 16. The summed E-state index contributed by atoms with van der Waals surface area (Å²) < 4.78 is 9.19. The van der Waals surface area contributed by atoms with E-state index in [-0.39, 0.29) is 10.8 Å². The molecule has 2 nitrogen and oxygen atoms in total. The molecule has 0 N–H and O–H groups in total. The molecule has 2 aliphatic carbocycles. The Bertz CT molecular complexity index is 2760. The van der Waals surface area contributed by atoms with Crippen LogP contribution in [0.4, 0.5) is 0 Å². The molecule has 0 aliphatic heterocycles. The molecule has 0 bridgehead atoms. The lowest BCUT2D eigenvalue weighted by Crippen LogP contribution is -2.15. The molecule has 0 atom stereocenters. The molecule has 0 spiro atoms. The van der Waals surface area contributed by atoms with Gasteiger partial charge < -0.3 is 8.82 Å². The molecule has 0 saturated carbocycles. The predicted molar refractivity (Wildman–Crippen MR) is 184 cm³/mol. The quantitative estimate of drug-likeness (QED) is 0.179. The van der Waals surface area contributed by atoms with Crippen molar-refractivity contribution in [3.63, 3.8) is 0 Å². The summed E-state index contributed by atoms with van der Waals surface area (Å²) in [5, 5.41) is 7.57. The standard InChI is InChI=1S/C42H29NO/c1-41(2)30-14-8-5-11-22(30)25-17-27-28-19-37-38(24-13-7-10-16-36(24)44-37)39-29-18-26-23-12-6-9-15-31(23)42(3,4)33(26)21-35(29)43(40(28)39)34(27)20-32(25)41/h5-21H,1-4H3. The van der Waals surface area contributed by atoms with Crippen molar-refractivity contribution in [3.05, 3.63) is 125 Å². The fourth-order valence-electron chi connectivity index (χ4n) is 9.21. The van der Waals surface area contributed by atoms with Crippen LogP contribution in [0.25, 0.3) is 82.3 Å². The molecule has 3 aromatic heterocycles. The van der Waals surface area contributed by atoms with Gasteiger partial charge in [-0.15, -0.1) is 0 Å². The first-order valence-corrected chi connectivity index (χ1v) is 15.7. The maximum absolute atomic E-state index is 6.61. The van der Waals surface area contributed by atoms with Crippen LogP contribution in [0.15, 0.2) is 108 Å². The first-order chi connectivity index (χ1) is 21.3. The van der Waals surface area contributed by atoms with Crippen LogP contribution in [0.3, 0.4) is 0 Å². The van der Waals surface area contributed by atoms with Crippen LogP contribution in [0.5, 0.6) is 0 Å². The molecule has 0 saturated heterocycles. The Balaban J connectivity index is 1.40. The van der Waals surface area contributed by atoms with Crippen molar-refractivity contribution in [2.75, 3.05) is 0 Å². The number of nitrogens with zero attached hydrogens (tertiary/aromatic N) is 1. The molecule has 9 aromatic rings. The second-order valence-corrected chi connectivity index (χ2v) is 14.1. The van der Waals surface area contributed by atoms with Crippen LogP contribution in [0.2, 0.25) is 0 Å². The first kappa shape index (κ1) is 23.4. The molecule has 208 valence electrons. The predicted octanol–water partition coefficient (Wildman–Crippen LogP) is 11.3. The van der Waals surface area contributed by atoms with E-state index in [0.29, 0.717) is 0 Å². The minimum absolute atomic E-state index is 0.0630. The van der Waals surface area contributed by atoms with Crippen molar-refractivity contribution in [1.29, 1.82) is 0 Å². The van der Waals surface area contributed by atoms with E-state index in [0.717, 1.165) is 11.2 Å². The largest absolute Gasteiger partial charge is 0.456 e. The number of para-hydroxylation sites is 1. The van der Waals surface area contributed by atoms with E-state index < -0.39 is 0 Å². The molecule has 44 heavy (non-hydrogen) atoms. The van der Waals surface area contributed by atoms with Crippen LogP contribution in [0.1, 0.15) is 49.9 Å². The minimum Gasteiger partial charge on any atom is -0.456 e. The normalized spacial score (nSPS) is 16.1. The number of rotatable bonds is 0. The maximum Gasteiger partial charge on any atom is 0.136 e. The van der Waals surface area contributed by atoms with Crippen molar-refractivity contribution < 1.29 is 4.42 Å². The van der Waals surface area contributed by atoms with Gasteiger partial charge in [0, 0.05) is 43.1 Å². The third-order valence-corrected chi connectivity index (χ3v) is 11.3. The molecule has 6 aromatic carbocycles. The van der Waals surface area contributed by atoms with E-state index in [1.807, 2.05) is 0 Å². The Labute approximate surface area is 254 Å². The number of aromatic nitrogens is 1. The number of hydrogen-bond donors (Lipinski definition) is 0. The SMILES string of the molecule is CC1(C)c2ccccc2-c2cc3c4cc5oc6ccccc6c5c5c6cc7c(cc6n(c3cc21)c45)C(C)(C)c1ccccc1-7. The molecule has 0 fully saturated rings. The van der Waals surface area contributed by atoms with Crippen molar-refractivity contribution in [2.24, 2.45) is 0 Å². The van der Waals surface area contributed by atoms with Gasteiger partial charge in [-0.25, -0.2) is 0 Å². The molecule has 0 amide bonds. The van der Waals surface area contributed by atoms with Gasteiger partial charge in [-0.05, 0) is 80.9 Å². The van der Waals surface area contributed by atoms with E-state index >= 15 is 0 Å². The molecular formula is C42H29NO. The van der Waals surface area contributed by atoms with Crippen LogP contribution >= 0.6 is 0 Å². The lowest BCUT2D eigenvalue weighted by atomic mass is 9.82. The lowest BCUT2D eigenvalue weighted by molar-refractivity contribution is 0.661. The summed E-state index contributed by atoms with van der Waals surface area (Å²) in [4.78, 5) is 0. The first-order valence-electron chi connectivity index (χ1n) is 15.7. The van der Waals surface area contributed by atoms with Crippen LogP contribution in [-0.2, 0) is 10.8 Å². The molecule has 0 unspecified atom stereocenters. The Morgan fingerprint density at radius 2 is 1.02 bits per heavy atom. The third kappa shape index (κ3) is 2.43. The van der Waals surface area contributed by atoms with Crippen molar-refractivity contribution in [2.45, 2.75) is 38.5 Å². The summed E-state index contributed by atoms with van der Waals surface area (Å²) in [6.45, 7) is 9.51. The van der Waals surface area contributed by atoms with Crippen molar-refractivity contribution in [3.8, 4) is 22.3 Å². The maximum atomic E-state index is 6.61. The van der Waals surface area contributed by atoms with Gasteiger partial charge in [-0.3, -0.25) is 0 Å². The smallest absolute Gasteiger partial charge is 0.136 e. The summed E-state index contributed by atoms with van der Waals surface area (Å²) in [5.74, 6) is 0. The van der Waals surface area contributed by atoms with Gasteiger partial charge in [0.1, 0.15) is 11.2 Å². The summed E-state index contributed by atoms with van der Waals surface area (Å²) in [6, 6.07) is 38.7. The Hall–Kier alpha value is -5.08. The van der Waals surface area contributed by atoms with Crippen molar-refractivity contribution >= 4 is 60.0 Å². The Morgan fingerprint density at radius 1 is 0.455 bits per heavy atom. The summed E-state index contributed by atoms with van der Waals surface area (Å²) >= 11 is 0. The Kier molecular flexibility index (Phi) is 3.81. The van der Waals surface area contributed by atoms with E-state index in [1.165, 1.54) is 93.4 Å². The fraction of sp³-hybridized carbons (Fsp3) is 0.143. The highest BCUT2D eigenvalue weighted by molar-refractivity contribution is 6.35. The molecule has 2 heteroatoms. The summed E-state index contributed by atoms with van der Waals surface area (Å²) in [5.41, 5.74) is 16.7. The highest BCUT2D eigenvalue weighted by Gasteiger charge is 2.38. The van der Waals surface area contributed by atoms with E-state index in [2.05, 4.69) is 135 Å². The van der Waals surface area contributed by atoms with Gasteiger partial charge in [-0.1, -0.05) is 94.4 Å². The highest BCUT2D eigenvalue weighted by Crippen LogP contribution is 2.55. The zero-order chi connectivity index (χ0) is 29.3. The molecular weight excluding hydrogens is 534 g/mol. The van der Waals surface area contributed by atoms with Crippen molar-refractivity contribution in [1.82, 2.24) is 4.40 Å². The van der Waals surface area contributed by atoms with E-state index in [1.54, 1.807) is 0 Å². The zero-order valence-electron chi connectivity index (χ0n) is 25.2. The fourth-order valence-corrected chi connectivity index (χ4v) is 9.21. The van der Waals surface area contributed by atoms with Gasteiger partial charge in [0.05, 0.1) is 16.6 Å². The van der Waals surface area contributed by atoms with E-state index in [9.17, 15) is 0 Å². The monoisotopic (exact) mass is 563 g/mol. The number of hydrogen-bond acceptors (Lipinski definition) is 1. The second kappa shape index (κ2) is 7.17. The molecule has 11 rings (SSSR count). The van der Waals surface area contributed by atoms with E-state index in [4.69, 9.17) is 4.42 Å². The van der Waals surface area contributed by atoms with Gasteiger partial charge in [0.2, 0.25) is 0 Å². The van der Waals surface area contributed by atoms with Gasteiger partial charge in [0.25, 0.3) is 0 Å². The zero-order valence-corrected chi connectivity index (χ0v) is 25.2. The lowest BCUT2D eigenvalue weighted by Gasteiger charge is -2.22. The van der Waals surface area contributed by atoms with Gasteiger partial charge >= 0.3 is 0 Å². The van der Waals surface area contributed by atoms with Gasteiger partial charge in [-0.2, -0.15) is 0 Å². The van der Waals surface area contributed by atoms with Crippen LogP contribution in [-0.4, -0.2) is 4.40 Å². The second-order valence-electron chi connectivity index (χ2n) is 14.1. The molecule has 0 radical (unpaired) electrons. The average molecular weight is 564 g/mol. The minimum atomic E-state index is -0.0691. The topological polar surface area (TPSA) is 17.6 Å². The summed E-state index contributed by atoms with van der Waals surface area (Å²) in [6.07, 6.45) is 0. The summed E-state index contributed by atoms with van der Waals surface area (Å²) in [7, 11) is 0. The Morgan fingerprint density at radius 3 is 1.70 bits per heavy atom. The van der Waals surface area contributed by atoms with Crippen LogP contribution < -0.4 is 0 Å².